The molecule has 1 nitrogen and oxygen atoms in total. The van der Waals surface area contributed by atoms with E-state index in [1.54, 1.807) is 6.07 Å². The molecule has 0 aliphatic rings. The maximum absolute atomic E-state index is 12.5. The monoisotopic (exact) mass is 241 g/mol. The summed E-state index contributed by atoms with van der Waals surface area (Å²) in [6, 6.07) is 7.43. The van der Waals surface area contributed by atoms with Crippen molar-refractivity contribution in [1.29, 1.82) is 5.26 Å². The first-order valence-corrected chi connectivity index (χ1v) is 5.49. The molecule has 0 radical (unpaired) electrons. The second kappa shape index (κ2) is 5.72. The molecule has 0 fully saturated rings. The van der Waals surface area contributed by atoms with Crippen LogP contribution < -0.4 is 0 Å². The van der Waals surface area contributed by atoms with E-state index < -0.39 is 11.7 Å². The zero-order chi connectivity index (χ0) is 12.9. The Morgan fingerprint density at radius 2 is 2.06 bits per heavy atom. The van der Waals surface area contributed by atoms with E-state index in [1.807, 2.05) is 13.0 Å². The molecule has 0 amide bonds. The zero-order valence-corrected chi connectivity index (χ0v) is 9.59. The summed E-state index contributed by atoms with van der Waals surface area (Å²) in [6.07, 6.45) is -2.39. The van der Waals surface area contributed by atoms with Gasteiger partial charge in [0.25, 0.3) is 0 Å². The van der Waals surface area contributed by atoms with E-state index in [0.29, 0.717) is 18.4 Å². The number of hydrogen-bond acceptors (Lipinski definition) is 1. The van der Waals surface area contributed by atoms with Gasteiger partial charge in [-0.2, -0.15) is 18.4 Å². The van der Waals surface area contributed by atoms with Gasteiger partial charge in [-0.3, -0.25) is 0 Å². The minimum absolute atomic E-state index is 0.0469. The molecule has 0 aliphatic carbocycles. The molecular weight excluding hydrogens is 227 g/mol. The van der Waals surface area contributed by atoms with Gasteiger partial charge < -0.3 is 0 Å². The lowest BCUT2D eigenvalue weighted by Gasteiger charge is -2.13. The average Bonchev–Trinajstić information content (AvgIpc) is 2.28. The van der Waals surface area contributed by atoms with Crippen LogP contribution in [0.25, 0.3) is 0 Å². The third-order valence-electron chi connectivity index (χ3n) is 2.71. The third-order valence-corrected chi connectivity index (χ3v) is 2.71. The van der Waals surface area contributed by atoms with Crippen LogP contribution in [-0.4, -0.2) is 0 Å². The molecule has 0 heterocycles. The summed E-state index contributed by atoms with van der Waals surface area (Å²) >= 11 is 0. The van der Waals surface area contributed by atoms with Crippen molar-refractivity contribution in [2.24, 2.45) is 0 Å². The van der Waals surface area contributed by atoms with Gasteiger partial charge in [-0.05, 0) is 30.4 Å². The Morgan fingerprint density at radius 1 is 1.35 bits per heavy atom. The zero-order valence-electron chi connectivity index (χ0n) is 9.59. The van der Waals surface area contributed by atoms with Crippen molar-refractivity contribution in [3.63, 3.8) is 0 Å². The Balaban J connectivity index is 2.75. The summed E-state index contributed by atoms with van der Waals surface area (Å²) in [6.45, 7) is 1.88. The van der Waals surface area contributed by atoms with Crippen LogP contribution in [0.2, 0.25) is 0 Å². The van der Waals surface area contributed by atoms with Gasteiger partial charge in [0, 0.05) is 6.42 Å². The van der Waals surface area contributed by atoms with E-state index in [0.717, 1.165) is 12.5 Å². The second-order valence-electron chi connectivity index (χ2n) is 4.07. The van der Waals surface area contributed by atoms with E-state index >= 15 is 0 Å². The maximum atomic E-state index is 12.5. The Bertz CT molecular complexity index is 404. The van der Waals surface area contributed by atoms with Gasteiger partial charge in [0.05, 0.1) is 11.6 Å². The Labute approximate surface area is 98.9 Å². The normalized spacial score (nSPS) is 13.1. The molecule has 1 aromatic carbocycles. The van der Waals surface area contributed by atoms with E-state index in [4.69, 9.17) is 5.26 Å². The molecule has 4 heteroatoms. The van der Waals surface area contributed by atoms with Crippen LogP contribution in [0.3, 0.4) is 0 Å². The van der Waals surface area contributed by atoms with Crippen molar-refractivity contribution in [2.45, 2.75) is 38.3 Å². The molecular formula is C13H14F3N. The van der Waals surface area contributed by atoms with Crippen LogP contribution in [0.1, 0.15) is 43.2 Å². The Kier molecular flexibility index (Phi) is 4.56. The lowest BCUT2D eigenvalue weighted by molar-refractivity contribution is -0.137. The minimum Gasteiger partial charge on any atom is -0.198 e. The minimum atomic E-state index is -4.29. The Hall–Kier alpha value is -1.50. The van der Waals surface area contributed by atoms with Crippen molar-refractivity contribution >= 4 is 0 Å². The first-order valence-electron chi connectivity index (χ1n) is 5.49. The summed E-state index contributed by atoms with van der Waals surface area (Å²) in [5.74, 6) is 0.0469. The summed E-state index contributed by atoms with van der Waals surface area (Å²) in [7, 11) is 0. The van der Waals surface area contributed by atoms with Crippen molar-refractivity contribution < 1.29 is 13.2 Å². The molecule has 0 aromatic heterocycles. The summed E-state index contributed by atoms with van der Waals surface area (Å²) in [4.78, 5) is 0. The van der Waals surface area contributed by atoms with Gasteiger partial charge in [0.2, 0.25) is 0 Å². The van der Waals surface area contributed by atoms with Gasteiger partial charge in [-0.15, -0.1) is 0 Å². The molecule has 1 unspecified atom stereocenters. The first kappa shape index (κ1) is 13.6. The van der Waals surface area contributed by atoms with E-state index in [1.165, 1.54) is 12.1 Å². The topological polar surface area (TPSA) is 23.8 Å². The van der Waals surface area contributed by atoms with Crippen molar-refractivity contribution in [3.05, 3.63) is 35.4 Å². The van der Waals surface area contributed by atoms with E-state index in [-0.39, 0.29) is 5.92 Å². The number of halogens is 3. The average molecular weight is 241 g/mol. The number of hydrogen-bond donors (Lipinski definition) is 0. The van der Waals surface area contributed by atoms with Crippen LogP contribution in [0.4, 0.5) is 13.2 Å². The molecule has 92 valence electrons. The number of rotatable bonds is 4. The highest BCUT2D eigenvalue weighted by atomic mass is 19.4. The van der Waals surface area contributed by atoms with E-state index in [9.17, 15) is 13.2 Å². The highest BCUT2D eigenvalue weighted by molar-refractivity contribution is 5.27. The maximum Gasteiger partial charge on any atom is 0.416 e. The summed E-state index contributed by atoms with van der Waals surface area (Å²) in [5, 5.41) is 8.40. The Morgan fingerprint density at radius 3 is 2.65 bits per heavy atom. The smallest absolute Gasteiger partial charge is 0.198 e. The number of nitriles is 1. The largest absolute Gasteiger partial charge is 0.416 e. The highest BCUT2D eigenvalue weighted by Crippen LogP contribution is 2.32. The van der Waals surface area contributed by atoms with Gasteiger partial charge in [0.1, 0.15) is 0 Å². The fourth-order valence-electron chi connectivity index (χ4n) is 1.68. The molecule has 17 heavy (non-hydrogen) atoms. The standard InChI is InChI=1S/C13H14F3N/c1-10(5-2-3-8-17)11-6-4-7-12(9-11)13(14,15)16/h4,6-7,9-10H,2-3,5H2,1H3. The van der Waals surface area contributed by atoms with Crippen LogP contribution in [0.5, 0.6) is 0 Å². The summed E-state index contributed by atoms with van der Waals surface area (Å²) < 4.78 is 37.5. The van der Waals surface area contributed by atoms with Crippen molar-refractivity contribution in [2.75, 3.05) is 0 Å². The molecule has 0 saturated heterocycles. The summed E-state index contributed by atoms with van der Waals surface area (Å²) in [5.41, 5.74) is 0.0693. The second-order valence-corrected chi connectivity index (χ2v) is 4.07. The number of benzene rings is 1. The molecule has 1 aromatic rings. The lowest BCUT2D eigenvalue weighted by atomic mass is 9.94. The van der Waals surface area contributed by atoms with Crippen LogP contribution in [0.15, 0.2) is 24.3 Å². The van der Waals surface area contributed by atoms with Crippen LogP contribution in [-0.2, 0) is 6.18 Å². The van der Waals surface area contributed by atoms with Crippen LogP contribution >= 0.6 is 0 Å². The van der Waals surface area contributed by atoms with Crippen LogP contribution in [0, 0.1) is 11.3 Å². The van der Waals surface area contributed by atoms with Gasteiger partial charge in [-0.25, -0.2) is 0 Å². The quantitative estimate of drug-likeness (QED) is 0.712. The molecule has 1 atom stereocenters. The number of nitrogens with zero attached hydrogens (tertiary/aromatic N) is 1. The molecule has 0 spiro atoms. The predicted octanol–water partition coefficient (Wildman–Crippen LogP) is 4.50. The van der Waals surface area contributed by atoms with Gasteiger partial charge >= 0.3 is 6.18 Å². The fraction of sp³-hybridized carbons (Fsp3) is 0.462. The fourth-order valence-corrected chi connectivity index (χ4v) is 1.68. The molecule has 0 aliphatic heterocycles. The number of alkyl halides is 3. The molecule has 0 saturated carbocycles. The van der Waals surface area contributed by atoms with Crippen molar-refractivity contribution in [1.82, 2.24) is 0 Å². The molecule has 0 N–H and O–H groups in total. The molecule has 1 rings (SSSR count). The lowest BCUT2D eigenvalue weighted by Crippen LogP contribution is -2.06. The SMILES string of the molecule is CC(CCCC#N)c1cccc(C(F)(F)F)c1. The third kappa shape index (κ3) is 4.10. The van der Waals surface area contributed by atoms with Gasteiger partial charge in [0.15, 0.2) is 0 Å². The highest BCUT2D eigenvalue weighted by Gasteiger charge is 2.30. The predicted molar refractivity (Wildman–Crippen MR) is 59.3 cm³/mol. The molecule has 0 bridgehead atoms. The first-order chi connectivity index (χ1) is 7.95. The van der Waals surface area contributed by atoms with Gasteiger partial charge in [-0.1, -0.05) is 25.1 Å². The number of unbranched alkanes of at least 4 members (excludes halogenated alkanes) is 1. The van der Waals surface area contributed by atoms with Crippen molar-refractivity contribution in [3.8, 4) is 6.07 Å². The van der Waals surface area contributed by atoms with E-state index in [2.05, 4.69) is 0 Å².